The molecule has 0 heterocycles. The second-order valence-corrected chi connectivity index (χ2v) is 4.91. The lowest BCUT2D eigenvalue weighted by molar-refractivity contribution is -0.139. The van der Waals surface area contributed by atoms with Crippen molar-refractivity contribution in [3.8, 4) is 5.75 Å². The zero-order chi connectivity index (χ0) is 13.9. The molecule has 0 aliphatic rings. The summed E-state index contributed by atoms with van der Waals surface area (Å²) in [5.41, 5.74) is 0.109. The van der Waals surface area contributed by atoms with Gasteiger partial charge in [0.1, 0.15) is 5.75 Å². The van der Waals surface area contributed by atoms with Gasteiger partial charge in [-0.15, -0.1) is 11.8 Å². The minimum atomic E-state index is -4.46. The molecule has 0 spiro atoms. The fourth-order valence-corrected chi connectivity index (χ4v) is 2.69. The first-order chi connectivity index (χ1) is 8.98. The summed E-state index contributed by atoms with van der Waals surface area (Å²) < 4.78 is 38.5. The molecule has 0 aliphatic carbocycles. The SMILES string of the molecule is Oc1cccc(C(F)(F)F)c1SCc1ccccc1. The predicted octanol–water partition coefficient (Wildman–Crippen LogP) is 4.70. The predicted molar refractivity (Wildman–Crippen MR) is 69.1 cm³/mol. The van der Waals surface area contributed by atoms with Gasteiger partial charge in [-0.3, -0.25) is 0 Å². The average Bonchev–Trinajstić information content (AvgIpc) is 2.37. The summed E-state index contributed by atoms with van der Waals surface area (Å²) in [6.45, 7) is 0. The summed E-state index contributed by atoms with van der Waals surface area (Å²) in [6.07, 6.45) is -4.46. The van der Waals surface area contributed by atoms with Gasteiger partial charge in [0.2, 0.25) is 0 Å². The van der Waals surface area contributed by atoms with Crippen LogP contribution in [0.15, 0.2) is 53.4 Å². The van der Waals surface area contributed by atoms with Gasteiger partial charge < -0.3 is 5.11 Å². The molecule has 0 aliphatic heterocycles. The van der Waals surface area contributed by atoms with Crippen LogP contribution in [0.4, 0.5) is 13.2 Å². The summed E-state index contributed by atoms with van der Waals surface area (Å²) in [6, 6.07) is 12.6. The van der Waals surface area contributed by atoms with E-state index in [2.05, 4.69) is 0 Å². The standard InChI is InChI=1S/C14H11F3OS/c15-14(16,17)11-7-4-8-12(18)13(11)19-9-10-5-2-1-3-6-10/h1-8,18H,9H2. The summed E-state index contributed by atoms with van der Waals surface area (Å²) in [7, 11) is 0. The van der Waals surface area contributed by atoms with Crippen LogP contribution in [0, 0.1) is 0 Å². The van der Waals surface area contributed by atoms with E-state index in [-0.39, 0.29) is 10.6 Å². The van der Waals surface area contributed by atoms with Crippen molar-refractivity contribution in [2.75, 3.05) is 0 Å². The number of aromatic hydroxyl groups is 1. The third-order valence-corrected chi connectivity index (χ3v) is 3.72. The van der Waals surface area contributed by atoms with Crippen molar-refractivity contribution in [3.63, 3.8) is 0 Å². The Labute approximate surface area is 113 Å². The molecule has 0 atom stereocenters. The van der Waals surface area contributed by atoms with Crippen molar-refractivity contribution in [1.82, 2.24) is 0 Å². The maximum atomic E-state index is 12.8. The Bertz CT molecular complexity index is 552. The van der Waals surface area contributed by atoms with E-state index in [1.54, 1.807) is 0 Å². The van der Waals surface area contributed by atoms with Gasteiger partial charge in [0.25, 0.3) is 0 Å². The first-order valence-corrected chi connectivity index (χ1v) is 6.53. The van der Waals surface area contributed by atoms with Crippen LogP contribution in [0.25, 0.3) is 0 Å². The van der Waals surface area contributed by atoms with Crippen LogP contribution in [0.1, 0.15) is 11.1 Å². The van der Waals surface area contributed by atoms with E-state index in [1.165, 1.54) is 12.1 Å². The van der Waals surface area contributed by atoms with Crippen LogP contribution in [0.2, 0.25) is 0 Å². The quantitative estimate of drug-likeness (QED) is 0.824. The van der Waals surface area contributed by atoms with Crippen molar-refractivity contribution in [3.05, 3.63) is 59.7 Å². The highest BCUT2D eigenvalue weighted by molar-refractivity contribution is 7.98. The Balaban J connectivity index is 2.25. The molecule has 2 aromatic carbocycles. The highest BCUT2D eigenvalue weighted by Crippen LogP contribution is 2.42. The van der Waals surface area contributed by atoms with E-state index in [4.69, 9.17) is 0 Å². The molecule has 1 N–H and O–H groups in total. The van der Waals surface area contributed by atoms with Gasteiger partial charge >= 0.3 is 6.18 Å². The lowest BCUT2D eigenvalue weighted by atomic mass is 10.2. The highest BCUT2D eigenvalue weighted by Gasteiger charge is 2.34. The Morgan fingerprint density at radius 3 is 2.26 bits per heavy atom. The number of phenolic OH excluding ortho intramolecular Hbond substituents is 1. The third-order valence-electron chi connectivity index (χ3n) is 2.53. The first-order valence-electron chi connectivity index (χ1n) is 5.54. The smallest absolute Gasteiger partial charge is 0.417 e. The third kappa shape index (κ3) is 3.44. The van der Waals surface area contributed by atoms with Crippen molar-refractivity contribution < 1.29 is 18.3 Å². The number of rotatable bonds is 3. The normalized spacial score (nSPS) is 11.5. The van der Waals surface area contributed by atoms with Crippen LogP contribution in [-0.4, -0.2) is 5.11 Å². The number of halogens is 3. The van der Waals surface area contributed by atoms with E-state index in [9.17, 15) is 18.3 Å². The minimum absolute atomic E-state index is 0.126. The fraction of sp³-hybridized carbons (Fsp3) is 0.143. The van der Waals surface area contributed by atoms with E-state index in [0.717, 1.165) is 23.4 Å². The second kappa shape index (κ2) is 5.57. The molecule has 0 bridgehead atoms. The number of thioether (sulfide) groups is 1. The molecule has 2 rings (SSSR count). The maximum absolute atomic E-state index is 12.8. The molecule has 19 heavy (non-hydrogen) atoms. The first kappa shape index (κ1) is 13.8. The molecule has 0 fully saturated rings. The van der Waals surface area contributed by atoms with Gasteiger partial charge in [0.15, 0.2) is 0 Å². The fourth-order valence-electron chi connectivity index (χ4n) is 1.63. The Hall–Kier alpha value is -1.62. The Kier molecular flexibility index (Phi) is 4.04. The van der Waals surface area contributed by atoms with E-state index >= 15 is 0 Å². The molecular weight excluding hydrogens is 273 g/mol. The lowest BCUT2D eigenvalue weighted by Gasteiger charge is -2.13. The van der Waals surface area contributed by atoms with Crippen molar-refractivity contribution in [2.45, 2.75) is 16.8 Å². The summed E-state index contributed by atoms with van der Waals surface area (Å²) in [5, 5.41) is 9.61. The topological polar surface area (TPSA) is 20.2 Å². The van der Waals surface area contributed by atoms with Crippen LogP contribution >= 0.6 is 11.8 Å². The molecule has 0 amide bonds. The van der Waals surface area contributed by atoms with Crippen molar-refractivity contribution in [1.29, 1.82) is 0 Å². The largest absolute Gasteiger partial charge is 0.507 e. The zero-order valence-corrected chi connectivity index (χ0v) is 10.6. The van der Waals surface area contributed by atoms with E-state index in [1.807, 2.05) is 30.3 Å². The molecule has 0 saturated heterocycles. The molecule has 0 unspecified atom stereocenters. The van der Waals surface area contributed by atoms with Gasteiger partial charge in [-0.05, 0) is 17.7 Å². The monoisotopic (exact) mass is 284 g/mol. The van der Waals surface area contributed by atoms with E-state index in [0.29, 0.717) is 5.75 Å². The van der Waals surface area contributed by atoms with Crippen LogP contribution in [0.3, 0.4) is 0 Å². The molecule has 0 aromatic heterocycles. The maximum Gasteiger partial charge on any atom is 0.417 e. The van der Waals surface area contributed by atoms with Gasteiger partial charge in [-0.25, -0.2) is 0 Å². The summed E-state index contributed by atoms with van der Waals surface area (Å²) >= 11 is 0.984. The van der Waals surface area contributed by atoms with Gasteiger partial charge in [0, 0.05) is 5.75 Å². The number of hydrogen-bond donors (Lipinski definition) is 1. The van der Waals surface area contributed by atoms with Crippen molar-refractivity contribution in [2.24, 2.45) is 0 Å². The summed E-state index contributed by atoms with van der Waals surface area (Å²) in [4.78, 5) is -0.126. The highest BCUT2D eigenvalue weighted by atomic mass is 32.2. The number of alkyl halides is 3. The Morgan fingerprint density at radius 1 is 0.947 bits per heavy atom. The van der Waals surface area contributed by atoms with Crippen LogP contribution in [-0.2, 0) is 11.9 Å². The molecule has 0 saturated carbocycles. The number of phenols is 1. The van der Waals surface area contributed by atoms with Gasteiger partial charge in [-0.2, -0.15) is 13.2 Å². The second-order valence-electron chi connectivity index (χ2n) is 3.93. The lowest BCUT2D eigenvalue weighted by Crippen LogP contribution is -2.06. The zero-order valence-electron chi connectivity index (χ0n) is 9.82. The summed E-state index contributed by atoms with van der Waals surface area (Å²) in [5.74, 6) is 0.0392. The minimum Gasteiger partial charge on any atom is -0.507 e. The molecule has 0 radical (unpaired) electrons. The average molecular weight is 284 g/mol. The molecule has 100 valence electrons. The molecular formula is C14H11F3OS. The van der Waals surface area contributed by atoms with Crippen LogP contribution < -0.4 is 0 Å². The number of hydrogen-bond acceptors (Lipinski definition) is 2. The van der Waals surface area contributed by atoms with E-state index < -0.39 is 11.7 Å². The van der Waals surface area contributed by atoms with Gasteiger partial charge in [0.05, 0.1) is 10.5 Å². The molecule has 2 aromatic rings. The molecule has 5 heteroatoms. The van der Waals surface area contributed by atoms with Crippen LogP contribution in [0.5, 0.6) is 5.75 Å². The van der Waals surface area contributed by atoms with Gasteiger partial charge in [-0.1, -0.05) is 36.4 Å². The molecule has 1 nitrogen and oxygen atoms in total. The Morgan fingerprint density at radius 2 is 1.63 bits per heavy atom. The van der Waals surface area contributed by atoms with Crippen molar-refractivity contribution >= 4 is 11.8 Å². The number of benzene rings is 2.